The predicted molar refractivity (Wildman–Crippen MR) is 50.6 cm³/mol. The molecule has 1 saturated carbocycles. The molecule has 0 aromatic carbocycles. The first-order valence-corrected chi connectivity index (χ1v) is 5.02. The molecule has 0 unspecified atom stereocenters. The van der Waals surface area contributed by atoms with Crippen LogP contribution in [0.15, 0.2) is 0 Å². The second-order valence-corrected chi connectivity index (χ2v) is 5.09. The van der Waals surface area contributed by atoms with Gasteiger partial charge in [0.15, 0.2) is 0 Å². The minimum absolute atomic E-state index is 0.526. The first-order valence-electron chi connectivity index (χ1n) is 5.02. The van der Waals surface area contributed by atoms with Crippen molar-refractivity contribution in [3.63, 3.8) is 0 Å². The summed E-state index contributed by atoms with van der Waals surface area (Å²) in [5.41, 5.74) is 1.20. The van der Waals surface area contributed by atoms with Crippen molar-refractivity contribution in [3.05, 3.63) is 0 Å². The van der Waals surface area contributed by atoms with Crippen LogP contribution < -0.4 is 0 Å². The molecule has 0 nitrogen and oxygen atoms in total. The van der Waals surface area contributed by atoms with Crippen LogP contribution in [0.4, 0.5) is 0 Å². The second kappa shape index (κ2) is 2.80. The summed E-state index contributed by atoms with van der Waals surface area (Å²) in [4.78, 5) is 0. The van der Waals surface area contributed by atoms with Crippen LogP contribution in [0.3, 0.4) is 0 Å². The van der Waals surface area contributed by atoms with Gasteiger partial charge in [0.05, 0.1) is 0 Å². The molecule has 1 aliphatic carbocycles. The third-order valence-corrected chi connectivity index (χ3v) is 3.83. The number of hydrogen-bond donors (Lipinski definition) is 0. The molecule has 0 radical (unpaired) electrons. The number of hydrogen-bond acceptors (Lipinski definition) is 0. The Morgan fingerprint density at radius 3 is 1.73 bits per heavy atom. The second-order valence-electron chi connectivity index (χ2n) is 5.09. The molecule has 0 aromatic heterocycles. The summed E-state index contributed by atoms with van der Waals surface area (Å²) in [6.45, 7) is 9.57. The highest BCUT2D eigenvalue weighted by atomic mass is 14.5. The molecule has 0 heterocycles. The Hall–Kier alpha value is 0. The average Bonchev–Trinajstić information content (AvgIpc) is 2.33. The molecule has 1 rings (SSSR count). The fraction of sp³-hybridized carbons (Fsp3) is 1.00. The van der Waals surface area contributed by atoms with E-state index in [1.807, 2.05) is 0 Å². The van der Waals surface area contributed by atoms with Gasteiger partial charge in [0, 0.05) is 0 Å². The summed E-state index contributed by atoms with van der Waals surface area (Å²) in [5.74, 6) is 0. The highest BCUT2D eigenvalue weighted by Gasteiger charge is 2.41. The van der Waals surface area contributed by atoms with Crippen LogP contribution in [0.1, 0.15) is 59.8 Å². The maximum absolute atomic E-state index is 2.40. The van der Waals surface area contributed by atoms with Gasteiger partial charge in [0.1, 0.15) is 0 Å². The minimum Gasteiger partial charge on any atom is -0.0648 e. The van der Waals surface area contributed by atoms with Crippen LogP contribution in [-0.2, 0) is 0 Å². The van der Waals surface area contributed by atoms with Crippen LogP contribution in [0, 0.1) is 10.8 Å². The Labute approximate surface area is 71.4 Å². The summed E-state index contributed by atoms with van der Waals surface area (Å²) in [5, 5.41) is 0. The van der Waals surface area contributed by atoms with Crippen LogP contribution in [0.25, 0.3) is 0 Å². The van der Waals surface area contributed by atoms with E-state index >= 15 is 0 Å². The van der Waals surface area contributed by atoms with Gasteiger partial charge in [-0.15, -0.1) is 0 Å². The van der Waals surface area contributed by atoms with E-state index in [0.717, 1.165) is 0 Å². The fourth-order valence-electron chi connectivity index (χ4n) is 2.69. The van der Waals surface area contributed by atoms with E-state index in [-0.39, 0.29) is 0 Å². The molecule has 0 amide bonds. The Morgan fingerprint density at radius 2 is 1.55 bits per heavy atom. The molecule has 1 fully saturated rings. The maximum Gasteiger partial charge on any atom is -0.0251 e. The fourth-order valence-corrected chi connectivity index (χ4v) is 2.69. The summed E-state index contributed by atoms with van der Waals surface area (Å²) in [6, 6.07) is 0. The molecule has 0 aliphatic heterocycles. The molecule has 0 bridgehead atoms. The molecule has 0 spiro atoms. The zero-order chi connectivity index (χ0) is 8.54. The minimum atomic E-state index is 0.526. The molecule has 11 heavy (non-hydrogen) atoms. The normalized spacial score (nSPS) is 24.0. The van der Waals surface area contributed by atoms with E-state index in [4.69, 9.17) is 0 Å². The van der Waals surface area contributed by atoms with Gasteiger partial charge in [-0.05, 0) is 30.1 Å². The lowest BCUT2D eigenvalue weighted by Gasteiger charge is -2.41. The topological polar surface area (TPSA) is 0 Å². The first kappa shape index (κ1) is 9.09. The molecule has 0 N–H and O–H groups in total. The SMILES string of the molecule is CCC1(C(C)(C)C)CCCC1. The van der Waals surface area contributed by atoms with E-state index in [2.05, 4.69) is 27.7 Å². The lowest BCUT2D eigenvalue weighted by Crippen LogP contribution is -2.32. The third kappa shape index (κ3) is 1.45. The smallest absolute Gasteiger partial charge is 0.0251 e. The van der Waals surface area contributed by atoms with Crippen LogP contribution in [0.2, 0.25) is 0 Å². The van der Waals surface area contributed by atoms with E-state index in [1.165, 1.54) is 32.1 Å². The largest absolute Gasteiger partial charge is 0.0648 e. The molecule has 0 atom stereocenters. The monoisotopic (exact) mass is 154 g/mol. The highest BCUT2D eigenvalue weighted by molar-refractivity contribution is 4.92. The molecule has 0 aromatic rings. The van der Waals surface area contributed by atoms with Crippen molar-refractivity contribution in [1.29, 1.82) is 0 Å². The average molecular weight is 154 g/mol. The van der Waals surface area contributed by atoms with E-state index in [1.54, 1.807) is 0 Å². The Morgan fingerprint density at radius 1 is 1.09 bits per heavy atom. The van der Waals surface area contributed by atoms with Gasteiger partial charge in [-0.1, -0.05) is 40.5 Å². The standard InChI is InChI=1S/C11H22/c1-5-11(10(2,3)4)8-6-7-9-11/h5-9H2,1-4H3. The van der Waals surface area contributed by atoms with Crippen LogP contribution in [-0.4, -0.2) is 0 Å². The van der Waals surface area contributed by atoms with E-state index in [0.29, 0.717) is 10.8 Å². The predicted octanol–water partition coefficient (Wildman–Crippen LogP) is 4.00. The Balaban J connectivity index is 2.75. The van der Waals surface area contributed by atoms with Crippen LogP contribution >= 0.6 is 0 Å². The van der Waals surface area contributed by atoms with Gasteiger partial charge < -0.3 is 0 Å². The Kier molecular flexibility index (Phi) is 2.32. The summed E-state index contributed by atoms with van der Waals surface area (Å²) >= 11 is 0. The molecule has 0 heteroatoms. The lowest BCUT2D eigenvalue weighted by atomic mass is 9.64. The Bertz CT molecular complexity index is 121. The van der Waals surface area contributed by atoms with Crippen molar-refractivity contribution in [2.45, 2.75) is 59.8 Å². The number of rotatable bonds is 1. The van der Waals surface area contributed by atoms with E-state index < -0.39 is 0 Å². The molecular weight excluding hydrogens is 132 g/mol. The quantitative estimate of drug-likeness (QED) is 0.535. The first-order chi connectivity index (χ1) is 5.02. The molecule has 0 saturated heterocycles. The highest BCUT2D eigenvalue weighted by Crippen LogP contribution is 2.53. The van der Waals surface area contributed by atoms with Gasteiger partial charge >= 0.3 is 0 Å². The third-order valence-electron chi connectivity index (χ3n) is 3.83. The maximum atomic E-state index is 2.40. The van der Waals surface area contributed by atoms with Crippen molar-refractivity contribution < 1.29 is 0 Å². The van der Waals surface area contributed by atoms with Gasteiger partial charge in [0.2, 0.25) is 0 Å². The lowest BCUT2D eigenvalue weighted by molar-refractivity contribution is 0.0881. The van der Waals surface area contributed by atoms with Gasteiger partial charge in [-0.3, -0.25) is 0 Å². The summed E-state index contributed by atoms with van der Waals surface area (Å²) in [6.07, 6.45) is 7.23. The molecular formula is C11H22. The zero-order valence-corrected chi connectivity index (χ0v) is 8.54. The van der Waals surface area contributed by atoms with Gasteiger partial charge in [-0.25, -0.2) is 0 Å². The van der Waals surface area contributed by atoms with Crippen LogP contribution in [0.5, 0.6) is 0 Å². The van der Waals surface area contributed by atoms with Crippen molar-refractivity contribution in [2.24, 2.45) is 10.8 Å². The summed E-state index contributed by atoms with van der Waals surface area (Å²) in [7, 11) is 0. The van der Waals surface area contributed by atoms with Crippen molar-refractivity contribution >= 4 is 0 Å². The summed E-state index contributed by atoms with van der Waals surface area (Å²) < 4.78 is 0. The van der Waals surface area contributed by atoms with E-state index in [9.17, 15) is 0 Å². The molecule has 66 valence electrons. The van der Waals surface area contributed by atoms with Crippen molar-refractivity contribution in [2.75, 3.05) is 0 Å². The zero-order valence-electron chi connectivity index (χ0n) is 8.54. The van der Waals surface area contributed by atoms with Crippen molar-refractivity contribution in [3.8, 4) is 0 Å². The molecule has 1 aliphatic rings. The van der Waals surface area contributed by atoms with Gasteiger partial charge in [-0.2, -0.15) is 0 Å². The van der Waals surface area contributed by atoms with Crippen molar-refractivity contribution in [1.82, 2.24) is 0 Å². The van der Waals surface area contributed by atoms with Gasteiger partial charge in [0.25, 0.3) is 0 Å².